The SMILES string of the molecule is CCCN(CCC)/C(=C/Cl)N(C)C. The van der Waals surface area contributed by atoms with Crippen LogP contribution in [0.3, 0.4) is 0 Å². The average molecular weight is 205 g/mol. The molecule has 0 aromatic rings. The van der Waals surface area contributed by atoms with Gasteiger partial charge in [-0.15, -0.1) is 0 Å². The van der Waals surface area contributed by atoms with Gasteiger partial charge in [0.1, 0.15) is 5.82 Å². The first-order chi connectivity index (χ1) is 6.17. The Morgan fingerprint density at radius 3 is 1.85 bits per heavy atom. The monoisotopic (exact) mass is 204 g/mol. The van der Waals surface area contributed by atoms with E-state index in [1.807, 2.05) is 14.1 Å². The largest absolute Gasteiger partial charge is 0.364 e. The molecule has 0 rings (SSSR count). The number of nitrogens with zero attached hydrogens (tertiary/aromatic N) is 2. The normalized spacial score (nSPS) is 11.6. The van der Waals surface area contributed by atoms with Crippen LogP contribution in [0.4, 0.5) is 0 Å². The standard InChI is InChI=1S/C10H21ClN2/c1-5-7-13(8-6-2)10(9-11)12(3)4/h9H,5-8H2,1-4H3/b10-9+. The first kappa shape index (κ1) is 12.6. The molecule has 0 unspecified atom stereocenters. The second kappa shape index (κ2) is 7.07. The van der Waals surface area contributed by atoms with Crippen LogP contribution in [-0.4, -0.2) is 37.0 Å². The molecule has 0 bridgehead atoms. The van der Waals surface area contributed by atoms with Gasteiger partial charge in [-0.25, -0.2) is 0 Å². The molecule has 0 aliphatic heterocycles. The van der Waals surface area contributed by atoms with Gasteiger partial charge in [-0.1, -0.05) is 25.4 Å². The van der Waals surface area contributed by atoms with Crippen molar-refractivity contribution in [2.24, 2.45) is 0 Å². The number of hydrogen-bond acceptors (Lipinski definition) is 2. The zero-order chi connectivity index (χ0) is 10.3. The molecule has 0 aromatic heterocycles. The first-order valence-electron chi connectivity index (χ1n) is 4.90. The summed E-state index contributed by atoms with van der Waals surface area (Å²) in [6, 6.07) is 0. The molecule has 2 nitrogen and oxygen atoms in total. The van der Waals surface area contributed by atoms with Crippen molar-refractivity contribution in [3.05, 3.63) is 11.4 Å². The van der Waals surface area contributed by atoms with Crippen LogP contribution < -0.4 is 0 Å². The minimum atomic E-state index is 1.07. The van der Waals surface area contributed by atoms with Gasteiger partial charge in [0.15, 0.2) is 0 Å². The van der Waals surface area contributed by atoms with E-state index in [0.717, 1.165) is 31.8 Å². The van der Waals surface area contributed by atoms with Crippen LogP contribution in [0.2, 0.25) is 0 Å². The van der Waals surface area contributed by atoms with Gasteiger partial charge in [0.05, 0.1) is 0 Å². The third-order valence-corrected chi connectivity index (χ3v) is 2.06. The maximum absolute atomic E-state index is 5.78. The number of halogens is 1. The van der Waals surface area contributed by atoms with E-state index in [4.69, 9.17) is 11.6 Å². The zero-order valence-electron chi connectivity index (χ0n) is 9.18. The highest BCUT2D eigenvalue weighted by Crippen LogP contribution is 2.10. The fourth-order valence-electron chi connectivity index (χ4n) is 1.33. The van der Waals surface area contributed by atoms with Crippen molar-refractivity contribution in [2.75, 3.05) is 27.2 Å². The molecular formula is C10H21ClN2. The second-order valence-electron chi connectivity index (χ2n) is 3.35. The van der Waals surface area contributed by atoms with Gasteiger partial charge in [-0.3, -0.25) is 0 Å². The van der Waals surface area contributed by atoms with Crippen molar-refractivity contribution in [3.63, 3.8) is 0 Å². The molecular weight excluding hydrogens is 184 g/mol. The summed E-state index contributed by atoms with van der Waals surface area (Å²) in [4.78, 5) is 4.37. The van der Waals surface area contributed by atoms with Gasteiger partial charge in [-0.2, -0.15) is 0 Å². The maximum atomic E-state index is 5.78. The van der Waals surface area contributed by atoms with Crippen LogP contribution in [0.5, 0.6) is 0 Å². The fourth-order valence-corrected chi connectivity index (χ4v) is 1.66. The Labute approximate surface area is 87.2 Å². The van der Waals surface area contributed by atoms with Crippen LogP contribution in [0, 0.1) is 0 Å². The molecule has 0 aromatic carbocycles. The Morgan fingerprint density at radius 1 is 1.15 bits per heavy atom. The lowest BCUT2D eigenvalue weighted by atomic mass is 10.3. The molecule has 0 aliphatic rings. The third kappa shape index (κ3) is 4.41. The Morgan fingerprint density at radius 2 is 1.62 bits per heavy atom. The zero-order valence-corrected chi connectivity index (χ0v) is 9.93. The molecule has 0 saturated carbocycles. The van der Waals surface area contributed by atoms with Gasteiger partial charge < -0.3 is 9.80 Å². The summed E-state index contributed by atoms with van der Waals surface area (Å²) < 4.78 is 0. The summed E-state index contributed by atoms with van der Waals surface area (Å²) in [6.45, 7) is 6.52. The minimum absolute atomic E-state index is 1.07. The van der Waals surface area contributed by atoms with E-state index in [9.17, 15) is 0 Å². The van der Waals surface area contributed by atoms with Crippen molar-refractivity contribution in [3.8, 4) is 0 Å². The van der Waals surface area contributed by atoms with E-state index in [1.165, 1.54) is 0 Å². The van der Waals surface area contributed by atoms with E-state index >= 15 is 0 Å². The molecule has 0 saturated heterocycles. The topological polar surface area (TPSA) is 6.48 Å². The van der Waals surface area contributed by atoms with E-state index < -0.39 is 0 Å². The maximum Gasteiger partial charge on any atom is 0.115 e. The molecule has 0 N–H and O–H groups in total. The lowest BCUT2D eigenvalue weighted by Gasteiger charge is -2.30. The smallest absolute Gasteiger partial charge is 0.115 e. The van der Waals surface area contributed by atoms with E-state index in [2.05, 4.69) is 23.6 Å². The number of rotatable bonds is 6. The molecule has 0 spiro atoms. The molecule has 0 radical (unpaired) electrons. The van der Waals surface area contributed by atoms with Crippen LogP contribution >= 0.6 is 11.6 Å². The fraction of sp³-hybridized carbons (Fsp3) is 0.800. The van der Waals surface area contributed by atoms with Gasteiger partial charge in [-0.05, 0) is 12.8 Å². The molecule has 3 heteroatoms. The molecule has 0 fully saturated rings. The molecule has 0 atom stereocenters. The molecule has 0 amide bonds. The lowest BCUT2D eigenvalue weighted by molar-refractivity contribution is 0.258. The van der Waals surface area contributed by atoms with E-state index in [0.29, 0.717) is 0 Å². The second-order valence-corrected chi connectivity index (χ2v) is 3.57. The van der Waals surface area contributed by atoms with Crippen molar-refractivity contribution in [1.82, 2.24) is 9.80 Å². The summed E-state index contributed by atoms with van der Waals surface area (Å²) in [7, 11) is 4.04. The highest BCUT2D eigenvalue weighted by Gasteiger charge is 2.08. The van der Waals surface area contributed by atoms with Crippen LogP contribution in [0.25, 0.3) is 0 Å². The average Bonchev–Trinajstić information content (AvgIpc) is 2.05. The van der Waals surface area contributed by atoms with Crippen LogP contribution in [0.1, 0.15) is 26.7 Å². The minimum Gasteiger partial charge on any atom is -0.364 e. The van der Waals surface area contributed by atoms with E-state index in [1.54, 1.807) is 5.54 Å². The van der Waals surface area contributed by atoms with Crippen molar-refractivity contribution in [1.29, 1.82) is 0 Å². The predicted molar refractivity (Wildman–Crippen MR) is 59.8 cm³/mol. The summed E-state index contributed by atoms with van der Waals surface area (Å²) in [5.74, 6) is 1.10. The van der Waals surface area contributed by atoms with Gasteiger partial charge >= 0.3 is 0 Å². The summed E-state index contributed by atoms with van der Waals surface area (Å²) in [5, 5.41) is 0. The first-order valence-corrected chi connectivity index (χ1v) is 5.33. The van der Waals surface area contributed by atoms with Crippen LogP contribution in [0.15, 0.2) is 11.4 Å². The molecule has 13 heavy (non-hydrogen) atoms. The molecule has 0 heterocycles. The highest BCUT2D eigenvalue weighted by atomic mass is 35.5. The van der Waals surface area contributed by atoms with Crippen LogP contribution in [-0.2, 0) is 0 Å². The Bertz CT molecular complexity index is 149. The lowest BCUT2D eigenvalue weighted by Crippen LogP contribution is -2.32. The molecule has 78 valence electrons. The Kier molecular flexibility index (Phi) is 6.87. The van der Waals surface area contributed by atoms with Gasteiger partial charge in [0, 0.05) is 32.7 Å². The third-order valence-electron chi connectivity index (χ3n) is 1.87. The van der Waals surface area contributed by atoms with Crippen molar-refractivity contribution < 1.29 is 0 Å². The Balaban J connectivity index is 4.30. The Hall–Kier alpha value is -0.370. The quantitative estimate of drug-likeness (QED) is 0.657. The molecule has 0 aliphatic carbocycles. The summed E-state index contributed by atoms with van der Waals surface area (Å²) in [6.07, 6.45) is 2.31. The number of hydrogen-bond donors (Lipinski definition) is 0. The summed E-state index contributed by atoms with van der Waals surface area (Å²) >= 11 is 5.78. The van der Waals surface area contributed by atoms with Gasteiger partial charge in [0.25, 0.3) is 0 Å². The highest BCUT2D eigenvalue weighted by molar-refractivity contribution is 6.25. The predicted octanol–water partition coefficient (Wildman–Crippen LogP) is 2.71. The van der Waals surface area contributed by atoms with E-state index in [-0.39, 0.29) is 0 Å². The van der Waals surface area contributed by atoms with Crippen molar-refractivity contribution >= 4 is 11.6 Å². The van der Waals surface area contributed by atoms with Gasteiger partial charge in [0.2, 0.25) is 0 Å². The summed E-state index contributed by atoms with van der Waals surface area (Å²) in [5.41, 5.74) is 1.66. The van der Waals surface area contributed by atoms with Crippen molar-refractivity contribution in [2.45, 2.75) is 26.7 Å².